The van der Waals surface area contributed by atoms with Crippen molar-refractivity contribution in [2.75, 3.05) is 17.7 Å². The highest BCUT2D eigenvalue weighted by Crippen LogP contribution is 2.26. The van der Waals surface area contributed by atoms with Gasteiger partial charge in [-0.25, -0.2) is 4.39 Å². The highest BCUT2D eigenvalue weighted by molar-refractivity contribution is 7.80. The molecule has 3 aromatic rings. The fourth-order valence-corrected chi connectivity index (χ4v) is 2.56. The van der Waals surface area contributed by atoms with Gasteiger partial charge in [-0.1, -0.05) is 6.07 Å². The first-order valence-corrected chi connectivity index (χ1v) is 7.31. The molecule has 118 valence electrons. The van der Waals surface area contributed by atoms with Crippen LogP contribution in [0.3, 0.4) is 0 Å². The SMILES string of the molecule is COc1ccc(F)cc1NC(=S)Nc1cccc2c1cnn2C. The lowest BCUT2D eigenvalue weighted by atomic mass is 10.2. The Morgan fingerprint density at radius 2 is 2.00 bits per heavy atom. The van der Waals surface area contributed by atoms with E-state index in [1.54, 1.807) is 16.9 Å². The molecular weight excluding hydrogens is 315 g/mol. The number of rotatable bonds is 3. The number of methoxy groups -OCH3 is 1. The summed E-state index contributed by atoms with van der Waals surface area (Å²) in [5.41, 5.74) is 2.27. The van der Waals surface area contributed by atoms with Crippen LogP contribution in [0.1, 0.15) is 0 Å². The van der Waals surface area contributed by atoms with Crippen LogP contribution in [0.4, 0.5) is 15.8 Å². The van der Waals surface area contributed by atoms with Gasteiger partial charge in [0.25, 0.3) is 0 Å². The number of hydrogen-bond acceptors (Lipinski definition) is 3. The second-order valence-electron chi connectivity index (χ2n) is 4.93. The predicted molar refractivity (Wildman–Crippen MR) is 93.5 cm³/mol. The molecule has 0 radical (unpaired) electrons. The topological polar surface area (TPSA) is 51.1 Å². The van der Waals surface area contributed by atoms with Gasteiger partial charge in [-0.3, -0.25) is 4.68 Å². The fraction of sp³-hybridized carbons (Fsp3) is 0.125. The molecule has 0 saturated carbocycles. The summed E-state index contributed by atoms with van der Waals surface area (Å²) in [4.78, 5) is 0. The summed E-state index contributed by atoms with van der Waals surface area (Å²) in [6.45, 7) is 0. The van der Waals surface area contributed by atoms with E-state index in [0.717, 1.165) is 16.6 Å². The molecule has 0 spiro atoms. The molecule has 1 heterocycles. The number of benzene rings is 2. The van der Waals surface area contributed by atoms with E-state index in [0.29, 0.717) is 16.5 Å². The number of aromatic nitrogens is 2. The Hall–Kier alpha value is -2.67. The number of fused-ring (bicyclic) bond motifs is 1. The second kappa shape index (κ2) is 6.21. The Kier molecular flexibility index (Phi) is 4.12. The van der Waals surface area contributed by atoms with Crippen molar-refractivity contribution < 1.29 is 9.13 Å². The molecule has 0 unspecified atom stereocenters. The molecule has 2 N–H and O–H groups in total. The van der Waals surface area contributed by atoms with Crippen molar-refractivity contribution in [2.45, 2.75) is 0 Å². The van der Waals surface area contributed by atoms with Gasteiger partial charge in [0.1, 0.15) is 11.6 Å². The van der Waals surface area contributed by atoms with Gasteiger partial charge in [0.2, 0.25) is 0 Å². The van der Waals surface area contributed by atoms with E-state index in [-0.39, 0.29) is 5.82 Å². The summed E-state index contributed by atoms with van der Waals surface area (Å²) in [6.07, 6.45) is 1.77. The lowest BCUT2D eigenvalue weighted by molar-refractivity contribution is 0.416. The maximum atomic E-state index is 13.4. The van der Waals surface area contributed by atoms with E-state index in [4.69, 9.17) is 17.0 Å². The summed E-state index contributed by atoms with van der Waals surface area (Å²) < 4.78 is 20.4. The standard InChI is InChI=1S/C16H15FN4OS/c1-21-14-5-3-4-12(11(14)9-18-21)19-16(23)20-13-8-10(17)6-7-15(13)22-2/h3-9H,1-2H3,(H2,19,20,23). The van der Waals surface area contributed by atoms with Gasteiger partial charge in [0.05, 0.1) is 30.2 Å². The minimum atomic E-state index is -0.370. The maximum absolute atomic E-state index is 13.4. The molecule has 2 aromatic carbocycles. The highest BCUT2D eigenvalue weighted by Gasteiger charge is 2.09. The summed E-state index contributed by atoms with van der Waals surface area (Å²) in [5, 5.41) is 11.6. The van der Waals surface area contributed by atoms with Crippen molar-refractivity contribution >= 4 is 39.6 Å². The molecule has 5 nitrogen and oxygen atoms in total. The minimum absolute atomic E-state index is 0.338. The monoisotopic (exact) mass is 330 g/mol. The van der Waals surface area contributed by atoms with Crippen LogP contribution in [0.25, 0.3) is 10.9 Å². The van der Waals surface area contributed by atoms with E-state index >= 15 is 0 Å². The fourth-order valence-electron chi connectivity index (χ4n) is 2.34. The van der Waals surface area contributed by atoms with E-state index in [2.05, 4.69) is 15.7 Å². The molecule has 0 saturated heterocycles. The number of ether oxygens (including phenoxy) is 1. The van der Waals surface area contributed by atoms with Gasteiger partial charge >= 0.3 is 0 Å². The first-order valence-electron chi connectivity index (χ1n) is 6.91. The van der Waals surface area contributed by atoms with Crippen molar-refractivity contribution in [3.8, 4) is 5.75 Å². The van der Waals surface area contributed by atoms with Crippen molar-refractivity contribution in [1.82, 2.24) is 9.78 Å². The van der Waals surface area contributed by atoms with Gasteiger partial charge in [0, 0.05) is 18.5 Å². The third-order valence-corrected chi connectivity index (χ3v) is 3.65. The zero-order valence-electron chi connectivity index (χ0n) is 12.6. The first kappa shape index (κ1) is 15.2. The van der Waals surface area contributed by atoms with Gasteiger partial charge in [-0.15, -0.1) is 0 Å². The number of nitrogens with zero attached hydrogens (tertiary/aromatic N) is 2. The molecule has 0 fully saturated rings. The quantitative estimate of drug-likeness (QED) is 0.720. The zero-order valence-corrected chi connectivity index (χ0v) is 13.4. The van der Waals surface area contributed by atoms with Crippen LogP contribution in [-0.2, 0) is 7.05 Å². The van der Waals surface area contributed by atoms with Crippen LogP contribution in [0.15, 0.2) is 42.6 Å². The van der Waals surface area contributed by atoms with Crippen molar-refractivity contribution in [1.29, 1.82) is 0 Å². The lowest BCUT2D eigenvalue weighted by Crippen LogP contribution is -2.19. The lowest BCUT2D eigenvalue weighted by Gasteiger charge is -2.14. The van der Waals surface area contributed by atoms with Crippen LogP contribution in [0.5, 0.6) is 5.75 Å². The number of thiocarbonyl (C=S) groups is 1. The normalized spacial score (nSPS) is 10.6. The Morgan fingerprint density at radius 3 is 2.78 bits per heavy atom. The first-order chi connectivity index (χ1) is 11.1. The third-order valence-electron chi connectivity index (χ3n) is 3.45. The summed E-state index contributed by atoms with van der Waals surface area (Å²) in [6, 6.07) is 9.99. The Bertz CT molecular complexity index is 878. The van der Waals surface area contributed by atoms with Crippen molar-refractivity contribution in [2.24, 2.45) is 7.05 Å². The molecular formula is C16H15FN4OS. The number of hydrogen-bond donors (Lipinski definition) is 2. The Morgan fingerprint density at radius 1 is 1.22 bits per heavy atom. The maximum Gasteiger partial charge on any atom is 0.175 e. The number of nitrogens with one attached hydrogen (secondary N) is 2. The Balaban J connectivity index is 1.83. The molecule has 3 rings (SSSR count). The van der Waals surface area contributed by atoms with Crippen LogP contribution < -0.4 is 15.4 Å². The summed E-state index contributed by atoms with van der Waals surface area (Å²) in [7, 11) is 3.39. The average molecular weight is 330 g/mol. The summed E-state index contributed by atoms with van der Waals surface area (Å²) >= 11 is 5.31. The second-order valence-corrected chi connectivity index (χ2v) is 5.34. The number of aryl methyl sites for hydroxylation is 1. The zero-order chi connectivity index (χ0) is 16.4. The van der Waals surface area contributed by atoms with Gasteiger partial charge < -0.3 is 15.4 Å². The Labute approximate surface area is 138 Å². The molecule has 23 heavy (non-hydrogen) atoms. The van der Waals surface area contributed by atoms with Crippen LogP contribution in [0.2, 0.25) is 0 Å². The van der Waals surface area contributed by atoms with Crippen molar-refractivity contribution in [3.63, 3.8) is 0 Å². The molecule has 0 aliphatic heterocycles. The van der Waals surface area contributed by atoms with E-state index in [9.17, 15) is 4.39 Å². The molecule has 1 aromatic heterocycles. The average Bonchev–Trinajstić information content (AvgIpc) is 2.90. The molecule has 0 bridgehead atoms. The van der Waals surface area contributed by atoms with Crippen molar-refractivity contribution in [3.05, 3.63) is 48.4 Å². The minimum Gasteiger partial charge on any atom is -0.495 e. The number of halogens is 1. The summed E-state index contributed by atoms with van der Waals surface area (Å²) in [5.74, 6) is 0.139. The predicted octanol–water partition coefficient (Wildman–Crippen LogP) is 3.53. The van der Waals surface area contributed by atoms with E-state index in [1.165, 1.54) is 19.2 Å². The molecule has 0 amide bonds. The smallest absolute Gasteiger partial charge is 0.175 e. The molecule has 7 heteroatoms. The van der Waals surface area contributed by atoms with Crippen LogP contribution in [-0.4, -0.2) is 22.0 Å². The van der Waals surface area contributed by atoms with E-state index < -0.39 is 0 Å². The van der Waals surface area contributed by atoms with E-state index in [1.807, 2.05) is 25.2 Å². The highest BCUT2D eigenvalue weighted by atomic mass is 32.1. The third kappa shape index (κ3) is 3.09. The molecule has 0 aliphatic rings. The largest absolute Gasteiger partial charge is 0.495 e. The molecule has 0 aliphatic carbocycles. The number of anilines is 2. The van der Waals surface area contributed by atoms with Crippen LogP contribution in [0, 0.1) is 5.82 Å². The van der Waals surface area contributed by atoms with Crippen LogP contribution >= 0.6 is 12.2 Å². The van der Waals surface area contributed by atoms with Gasteiger partial charge in [0.15, 0.2) is 5.11 Å². The van der Waals surface area contributed by atoms with Gasteiger partial charge in [-0.2, -0.15) is 5.10 Å². The molecule has 0 atom stereocenters. The van der Waals surface area contributed by atoms with Gasteiger partial charge in [-0.05, 0) is 36.5 Å².